The van der Waals surface area contributed by atoms with Crippen LogP contribution in [-0.2, 0) is 17.6 Å². The highest BCUT2D eigenvalue weighted by Crippen LogP contribution is 2.40. The quantitative estimate of drug-likeness (QED) is 0.667. The van der Waals surface area contributed by atoms with Crippen LogP contribution in [0.3, 0.4) is 0 Å². The van der Waals surface area contributed by atoms with Crippen molar-refractivity contribution in [2.75, 3.05) is 17.2 Å². The van der Waals surface area contributed by atoms with Gasteiger partial charge in [-0.3, -0.25) is 4.79 Å². The van der Waals surface area contributed by atoms with Crippen molar-refractivity contribution >= 4 is 34.2 Å². The van der Waals surface area contributed by atoms with Crippen molar-refractivity contribution in [2.24, 2.45) is 5.92 Å². The van der Waals surface area contributed by atoms with Crippen LogP contribution < -0.4 is 10.6 Å². The lowest BCUT2D eigenvalue weighted by Crippen LogP contribution is -2.33. The third kappa shape index (κ3) is 4.15. The van der Waals surface area contributed by atoms with Gasteiger partial charge in [0.1, 0.15) is 11.0 Å². The Labute approximate surface area is 182 Å². The van der Waals surface area contributed by atoms with E-state index in [0.717, 1.165) is 34.4 Å². The predicted octanol–water partition coefficient (Wildman–Crippen LogP) is 3.90. The van der Waals surface area contributed by atoms with Gasteiger partial charge < -0.3 is 15.4 Å². The first-order chi connectivity index (χ1) is 14.8. The second-order valence-corrected chi connectivity index (χ2v) is 9.22. The largest absolute Gasteiger partial charge is 0.462 e. The molecule has 0 aromatic carbocycles. The Bertz CT molecular complexity index is 1010. The number of nitrogens with zero attached hydrogens (tertiary/aromatic N) is 3. The Hall–Kier alpha value is -2.56. The van der Waals surface area contributed by atoms with Crippen molar-refractivity contribution in [3.8, 4) is 0 Å². The summed E-state index contributed by atoms with van der Waals surface area (Å²) in [6.45, 7) is 5.87. The molecule has 2 aliphatic rings. The summed E-state index contributed by atoms with van der Waals surface area (Å²) in [5.74, 6) is -0.724. The number of carbonyl (C=O) groups is 2. The van der Waals surface area contributed by atoms with E-state index in [9.17, 15) is 18.4 Å². The summed E-state index contributed by atoms with van der Waals surface area (Å²) in [6, 6.07) is -1.36. The van der Waals surface area contributed by atoms with E-state index in [-0.39, 0.29) is 30.8 Å². The highest BCUT2D eigenvalue weighted by atomic mass is 32.1. The lowest BCUT2D eigenvalue weighted by Gasteiger charge is -2.28. The molecular weight excluding hydrogens is 428 g/mol. The zero-order valence-corrected chi connectivity index (χ0v) is 18.4. The van der Waals surface area contributed by atoms with Crippen LogP contribution in [0.5, 0.6) is 0 Å². The summed E-state index contributed by atoms with van der Waals surface area (Å²) in [4.78, 5) is 30.7. The van der Waals surface area contributed by atoms with Crippen molar-refractivity contribution < 1.29 is 23.1 Å². The van der Waals surface area contributed by atoms with E-state index in [1.807, 2.05) is 0 Å². The molecule has 4 rings (SSSR count). The van der Waals surface area contributed by atoms with E-state index in [1.54, 1.807) is 13.8 Å². The molecule has 0 saturated carbocycles. The van der Waals surface area contributed by atoms with Crippen molar-refractivity contribution in [1.29, 1.82) is 0 Å². The minimum Gasteiger partial charge on any atom is -0.462 e. The van der Waals surface area contributed by atoms with Crippen LogP contribution in [0.15, 0.2) is 0 Å². The summed E-state index contributed by atoms with van der Waals surface area (Å²) in [6.07, 6.45) is 0.0842. The molecule has 0 saturated heterocycles. The normalized spacial score (nSPS) is 22.5. The number of nitrogens with one attached hydrogen (secondary N) is 2. The first-order valence-electron chi connectivity index (χ1n) is 10.4. The minimum atomic E-state index is -2.62. The topological polar surface area (TPSA) is 98.1 Å². The van der Waals surface area contributed by atoms with Gasteiger partial charge in [-0.1, -0.05) is 6.92 Å². The van der Waals surface area contributed by atoms with Crippen LogP contribution >= 0.6 is 11.3 Å². The molecule has 1 aliphatic carbocycles. The molecule has 2 aromatic rings. The van der Waals surface area contributed by atoms with E-state index in [2.05, 4.69) is 27.6 Å². The lowest BCUT2D eigenvalue weighted by atomic mass is 9.88. The molecule has 3 unspecified atom stereocenters. The van der Waals surface area contributed by atoms with Crippen LogP contribution in [0.1, 0.15) is 71.1 Å². The van der Waals surface area contributed by atoms with Gasteiger partial charge in [-0.15, -0.1) is 16.4 Å². The van der Waals surface area contributed by atoms with Crippen molar-refractivity contribution in [2.45, 2.75) is 65.0 Å². The van der Waals surface area contributed by atoms with Gasteiger partial charge >= 0.3 is 5.97 Å². The Morgan fingerprint density at radius 1 is 1.39 bits per heavy atom. The Morgan fingerprint density at radius 2 is 2.16 bits per heavy atom. The second-order valence-electron chi connectivity index (χ2n) is 8.12. The first kappa shape index (κ1) is 21.7. The fraction of sp³-hybridized carbons (Fsp3) is 0.600. The number of aromatic nitrogens is 3. The number of anilines is 2. The van der Waals surface area contributed by atoms with Gasteiger partial charge in [0.2, 0.25) is 11.8 Å². The van der Waals surface area contributed by atoms with Gasteiger partial charge in [-0.05, 0) is 51.0 Å². The smallest absolute Gasteiger partial charge is 0.341 e. The third-order valence-electron chi connectivity index (χ3n) is 5.63. The molecule has 2 N–H and O–H groups in total. The Balaban J connectivity index is 1.64. The van der Waals surface area contributed by atoms with Gasteiger partial charge in [-0.25, -0.2) is 18.3 Å². The van der Waals surface area contributed by atoms with Gasteiger partial charge in [0, 0.05) is 10.9 Å². The summed E-state index contributed by atoms with van der Waals surface area (Å²) < 4.78 is 33.2. The Kier molecular flexibility index (Phi) is 5.96. The van der Waals surface area contributed by atoms with Crippen molar-refractivity contribution in [3.63, 3.8) is 0 Å². The van der Waals surface area contributed by atoms with E-state index in [0.29, 0.717) is 16.5 Å². The molecule has 0 bridgehead atoms. The molecule has 3 heterocycles. The van der Waals surface area contributed by atoms with Gasteiger partial charge in [0.05, 0.1) is 12.2 Å². The molecule has 31 heavy (non-hydrogen) atoms. The van der Waals surface area contributed by atoms with Gasteiger partial charge in [0.25, 0.3) is 12.3 Å². The van der Waals surface area contributed by atoms with E-state index in [4.69, 9.17) is 4.74 Å². The standard InChI is InChI=1S/C20H25F2N5O3S/c1-4-30-19(29)14-11-6-5-9(2)7-13(11)31-18(14)25-17(28)16-24-20-23-10(3)8-12(15(21)22)27(20)26-16/h9-10,12,15H,4-8H2,1-3H3,(H,25,28)(H,23,24,26). The highest BCUT2D eigenvalue weighted by Gasteiger charge is 2.35. The van der Waals surface area contributed by atoms with Crippen LogP contribution in [0.2, 0.25) is 0 Å². The van der Waals surface area contributed by atoms with Crippen LogP contribution in [0.25, 0.3) is 0 Å². The zero-order valence-electron chi connectivity index (χ0n) is 17.6. The van der Waals surface area contributed by atoms with E-state index in [1.165, 1.54) is 11.3 Å². The number of thiophene rings is 1. The number of esters is 1. The zero-order chi connectivity index (χ0) is 22.3. The molecule has 0 fully saturated rings. The molecule has 1 aliphatic heterocycles. The SMILES string of the molecule is CCOC(=O)c1c(NC(=O)c2nc3n(n2)C(C(F)F)CC(C)N3)sc2c1CCC(C)C2. The minimum absolute atomic E-state index is 0.138. The lowest BCUT2D eigenvalue weighted by molar-refractivity contribution is 0.0526. The maximum Gasteiger partial charge on any atom is 0.341 e. The fourth-order valence-electron chi connectivity index (χ4n) is 4.12. The van der Waals surface area contributed by atoms with Crippen LogP contribution in [0.4, 0.5) is 19.7 Å². The number of rotatable bonds is 5. The molecule has 0 radical (unpaired) electrons. The molecule has 1 amide bonds. The number of ether oxygens (including phenoxy) is 1. The van der Waals surface area contributed by atoms with Gasteiger partial charge in [0.15, 0.2) is 0 Å². The number of alkyl halides is 2. The Morgan fingerprint density at radius 3 is 2.87 bits per heavy atom. The number of hydrogen-bond donors (Lipinski definition) is 2. The van der Waals surface area contributed by atoms with Crippen LogP contribution in [0, 0.1) is 5.92 Å². The van der Waals surface area contributed by atoms with Crippen molar-refractivity contribution in [1.82, 2.24) is 14.8 Å². The number of halogens is 2. The molecule has 11 heteroatoms. The van der Waals surface area contributed by atoms with Gasteiger partial charge in [-0.2, -0.15) is 4.98 Å². The molecule has 3 atom stereocenters. The average Bonchev–Trinajstić information content (AvgIpc) is 3.27. The van der Waals surface area contributed by atoms with E-state index < -0.39 is 24.3 Å². The number of amides is 1. The fourth-order valence-corrected chi connectivity index (χ4v) is 5.51. The summed E-state index contributed by atoms with van der Waals surface area (Å²) in [5, 5.41) is 10.1. The second kappa shape index (κ2) is 8.52. The molecule has 8 nitrogen and oxygen atoms in total. The molecular formula is C20H25F2N5O3S. The average molecular weight is 454 g/mol. The summed E-state index contributed by atoms with van der Waals surface area (Å²) in [7, 11) is 0. The first-order valence-corrected chi connectivity index (χ1v) is 11.2. The predicted molar refractivity (Wildman–Crippen MR) is 112 cm³/mol. The summed E-state index contributed by atoms with van der Waals surface area (Å²) in [5.41, 5.74) is 1.30. The number of hydrogen-bond acceptors (Lipinski definition) is 7. The highest BCUT2D eigenvalue weighted by molar-refractivity contribution is 7.17. The molecule has 168 valence electrons. The van der Waals surface area contributed by atoms with Crippen LogP contribution in [-0.4, -0.2) is 45.7 Å². The molecule has 0 spiro atoms. The maximum absolute atomic E-state index is 13.4. The van der Waals surface area contributed by atoms with Crippen molar-refractivity contribution in [3.05, 3.63) is 21.8 Å². The number of fused-ring (bicyclic) bond motifs is 2. The monoisotopic (exact) mass is 453 g/mol. The van der Waals surface area contributed by atoms with E-state index >= 15 is 0 Å². The third-order valence-corrected chi connectivity index (χ3v) is 6.80. The molecule has 2 aromatic heterocycles. The summed E-state index contributed by atoms with van der Waals surface area (Å²) >= 11 is 1.35. The maximum atomic E-state index is 13.4. The number of carbonyl (C=O) groups excluding carboxylic acids is 2.